The van der Waals surface area contributed by atoms with Gasteiger partial charge in [-0.3, -0.25) is 4.98 Å². The summed E-state index contributed by atoms with van der Waals surface area (Å²) in [5, 5.41) is 0. The predicted molar refractivity (Wildman–Crippen MR) is 61.9 cm³/mol. The van der Waals surface area contributed by atoms with E-state index >= 15 is 0 Å². The fourth-order valence-corrected chi connectivity index (χ4v) is 1.92. The van der Waals surface area contributed by atoms with Crippen LogP contribution < -0.4 is 0 Å². The highest BCUT2D eigenvalue weighted by Gasteiger charge is 2.39. The van der Waals surface area contributed by atoms with Gasteiger partial charge in [0, 0.05) is 13.1 Å². The van der Waals surface area contributed by atoms with Crippen LogP contribution in [-0.4, -0.2) is 11.6 Å². The van der Waals surface area contributed by atoms with Gasteiger partial charge >= 0.3 is 0 Å². The summed E-state index contributed by atoms with van der Waals surface area (Å²) in [5.41, 5.74) is 2.58. The van der Waals surface area contributed by atoms with Crippen molar-refractivity contribution in [2.24, 2.45) is 0 Å². The Morgan fingerprint density at radius 1 is 1.56 bits per heavy atom. The van der Waals surface area contributed by atoms with E-state index in [4.69, 9.17) is 11.3 Å². The van der Waals surface area contributed by atoms with Gasteiger partial charge in [-0.25, -0.2) is 6.57 Å². The van der Waals surface area contributed by atoms with Crippen molar-refractivity contribution in [2.75, 3.05) is 6.61 Å². The minimum absolute atomic E-state index is 0.440. The van der Waals surface area contributed by atoms with Gasteiger partial charge in [0.2, 0.25) is 0 Å². The first-order valence-electron chi connectivity index (χ1n) is 5.52. The molecule has 0 N–H and O–H groups in total. The molecule has 2 rings (SSSR count). The topological polar surface area (TPSA) is 26.5 Å². The summed E-state index contributed by atoms with van der Waals surface area (Å²) in [7, 11) is 0. The smallest absolute Gasteiger partial charge is 0.279 e. The van der Waals surface area contributed by atoms with Gasteiger partial charge in [-0.2, -0.15) is 0 Å². The summed E-state index contributed by atoms with van der Waals surface area (Å²) in [6.45, 7) is 14.5. The standard InChI is InChI=1S/C13H16N2O/c1-9(2)10-5-11-12(15-6-10)7-16-8-13(11,3)14-4/h5-6,9H,7-8H2,1-3H3. The number of ether oxygens (including phenoxy) is 1. The first-order chi connectivity index (χ1) is 7.57. The van der Waals surface area contributed by atoms with Crippen molar-refractivity contribution >= 4 is 0 Å². The highest BCUT2D eigenvalue weighted by molar-refractivity contribution is 5.36. The third kappa shape index (κ3) is 1.70. The molecule has 0 amide bonds. The number of rotatable bonds is 1. The molecule has 0 saturated carbocycles. The summed E-state index contributed by atoms with van der Waals surface area (Å²) in [6, 6.07) is 2.12. The van der Waals surface area contributed by atoms with Crippen molar-refractivity contribution < 1.29 is 4.74 Å². The maximum atomic E-state index is 7.32. The number of fused-ring (bicyclic) bond motifs is 1. The second-order valence-corrected chi connectivity index (χ2v) is 4.80. The number of aromatic nitrogens is 1. The highest BCUT2D eigenvalue weighted by atomic mass is 16.5. The maximum absolute atomic E-state index is 7.32. The Hall–Kier alpha value is -1.40. The van der Waals surface area contributed by atoms with Crippen molar-refractivity contribution in [2.45, 2.75) is 38.8 Å². The first kappa shape index (κ1) is 11.1. The lowest BCUT2D eigenvalue weighted by molar-refractivity contribution is 0.0697. The molecule has 0 saturated heterocycles. The molecule has 1 aliphatic heterocycles. The molecule has 0 bridgehead atoms. The van der Waals surface area contributed by atoms with Crippen LogP contribution in [0.3, 0.4) is 0 Å². The van der Waals surface area contributed by atoms with Crippen LogP contribution in [0.25, 0.3) is 4.85 Å². The summed E-state index contributed by atoms with van der Waals surface area (Å²) >= 11 is 0. The Bertz CT molecular complexity index is 448. The molecule has 84 valence electrons. The number of hydrogen-bond acceptors (Lipinski definition) is 2. The molecule has 1 aromatic heterocycles. The van der Waals surface area contributed by atoms with Crippen LogP contribution in [0.15, 0.2) is 12.3 Å². The van der Waals surface area contributed by atoms with Gasteiger partial charge in [0.05, 0.1) is 17.9 Å². The van der Waals surface area contributed by atoms with E-state index in [-0.39, 0.29) is 0 Å². The van der Waals surface area contributed by atoms with Gasteiger partial charge in [-0.1, -0.05) is 13.8 Å². The minimum atomic E-state index is -0.564. The Morgan fingerprint density at radius 2 is 2.31 bits per heavy atom. The van der Waals surface area contributed by atoms with Crippen LogP contribution in [0, 0.1) is 6.57 Å². The monoisotopic (exact) mass is 216 g/mol. The Labute approximate surface area is 96.3 Å². The van der Waals surface area contributed by atoms with Gasteiger partial charge in [-0.05, 0) is 17.5 Å². The molecule has 2 heterocycles. The molecule has 3 heteroatoms. The van der Waals surface area contributed by atoms with E-state index in [9.17, 15) is 0 Å². The quantitative estimate of drug-likeness (QED) is 0.675. The molecular weight excluding hydrogens is 200 g/mol. The van der Waals surface area contributed by atoms with Crippen LogP contribution >= 0.6 is 0 Å². The average molecular weight is 216 g/mol. The number of pyridine rings is 1. The maximum Gasteiger partial charge on any atom is 0.279 e. The largest absolute Gasteiger partial charge is 0.366 e. The van der Waals surface area contributed by atoms with Crippen molar-refractivity contribution in [1.82, 2.24) is 4.98 Å². The molecule has 16 heavy (non-hydrogen) atoms. The normalized spacial score (nSPS) is 23.9. The lowest BCUT2D eigenvalue weighted by Crippen LogP contribution is -2.31. The van der Waals surface area contributed by atoms with E-state index in [1.807, 2.05) is 13.1 Å². The molecule has 0 fully saturated rings. The van der Waals surface area contributed by atoms with Crippen molar-refractivity contribution in [3.63, 3.8) is 0 Å². The van der Waals surface area contributed by atoms with Crippen LogP contribution in [0.1, 0.15) is 43.5 Å². The fourth-order valence-electron chi connectivity index (χ4n) is 1.92. The van der Waals surface area contributed by atoms with E-state index in [1.165, 1.54) is 5.56 Å². The Balaban J connectivity index is 2.54. The average Bonchev–Trinajstić information content (AvgIpc) is 2.29. The van der Waals surface area contributed by atoms with E-state index in [0.29, 0.717) is 19.1 Å². The second kappa shape index (κ2) is 3.88. The summed E-state index contributed by atoms with van der Waals surface area (Å²) < 4.78 is 5.43. The highest BCUT2D eigenvalue weighted by Crippen LogP contribution is 2.34. The molecule has 0 spiro atoms. The Kier molecular flexibility index (Phi) is 2.69. The molecule has 1 atom stereocenters. The van der Waals surface area contributed by atoms with Crippen molar-refractivity contribution in [3.05, 3.63) is 40.5 Å². The molecule has 0 radical (unpaired) electrons. The van der Waals surface area contributed by atoms with Crippen LogP contribution in [0.5, 0.6) is 0 Å². The van der Waals surface area contributed by atoms with Crippen LogP contribution in [0.2, 0.25) is 0 Å². The molecule has 0 aliphatic carbocycles. The molecule has 1 aromatic rings. The summed E-state index contributed by atoms with van der Waals surface area (Å²) in [6.07, 6.45) is 1.89. The zero-order valence-corrected chi connectivity index (χ0v) is 9.95. The van der Waals surface area contributed by atoms with Gasteiger partial charge in [0.25, 0.3) is 5.54 Å². The summed E-state index contributed by atoms with van der Waals surface area (Å²) in [4.78, 5) is 8.12. The lowest BCUT2D eigenvalue weighted by Gasteiger charge is -2.25. The van der Waals surface area contributed by atoms with Crippen LogP contribution in [0.4, 0.5) is 0 Å². The second-order valence-electron chi connectivity index (χ2n) is 4.80. The predicted octanol–water partition coefficient (Wildman–Crippen LogP) is 2.87. The third-order valence-electron chi connectivity index (χ3n) is 3.11. The fraction of sp³-hybridized carbons (Fsp3) is 0.538. The summed E-state index contributed by atoms with van der Waals surface area (Å²) in [5.74, 6) is 0.440. The number of nitrogens with zero attached hydrogens (tertiary/aromatic N) is 2. The van der Waals surface area contributed by atoms with E-state index in [0.717, 1.165) is 11.3 Å². The molecule has 3 nitrogen and oxygen atoms in total. The minimum Gasteiger partial charge on any atom is -0.366 e. The lowest BCUT2D eigenvalue weighted by atomic mass is 9.88. The third-order valence-corrected chi connectivity index (χ3v) is 3.11. The van der Waals surface area contributed by atoms with Gasteiger partial charge in [-0.15, -0.1) is 0 Å². The van der Waals surface area contributed by atoms with E-state index in [1.54, 1.807) is 0 Å². The zero-order chi connectivity index (χ0) is 11.8. The van der Waals surface area contributed by atoms with Crippen molar-refractivity contribution in [1.29, 1.82) is 0 Å². The van der Waals surface area contributed by atoms with Gasteiger partial charge in [0.1, 0.15) is 6.61 Å². The van der Waals surface area contributed by atoms with Crippen LogP contribution in [-0.2, 0) is 16.9 Å². The van der Waals surface area contributed by atoms with E-state index < -0.39 is 5.54 Å². The molecule has 1 aliphatic rings. The number of hydrogen-bond donors (Lipinski definition) is 0. The van der Waals surface area contributed by atoms with Gasteiger partial charge in [0.15, 0.2) is 0 Å². The molecule has 0 aromatic carbocycles. The van der Waals surface area contributed by atoms with Crippen molar-refractivity contribution in [3.8, 4) is 0 Å². The molecular formula is C13H16N2O. The zero-order valence-electron chi connectivity index (χ0n) is 9.95. The van der Waals surface area contributed by atoms with E-state index in [2.05, 4.69) is 29.7 Å². The molecule has 1 unspecified atom stereocenters. The Morgan fingerprint density at radius 3 is 2.94 bits per heavy atom. The SMILES string of the molecule is [C-]#[N+]C1(C)COCc2ncc(C(C)C)cc21. The first-order valence-corrected chi connectivity index (χ1v) is 5.52. The van der Waals surface area contributed by atoms with Gasteiger partial charge < -0.3 is 9.58 Å².